The molecular formula is C35H41N3O8P+. The minimum Gasteiger partial charge on any atom is -0.497 e. The second kappa shape index (κ2) is 14.3. The highest BCUT2D eigenvalue weighted by molar-refractivity contribution is 7.36. The molecule has 4 atom stereocenters. The van der Waals surface area contributed by atoms with Crippen molar-refractivity contribution in [3.05, 3.63) is 128 Å². The molecule has 248 valence electrons. The highest BCUT2D eigenvalue weighted by Gasteiger charge is 2.46. The molecule has 0 spiro atoms. The first-order valence-corrected chi connectivity index (χ1v) is 16.5. The van der Waals surface area contributed by atoms with Gasteiger partial charge in [0, 0.05) is 18.2 Å². The van der Waals surface area contributed by atoms with Gasteiger partial charge in [0.2, 0.25) is 0 Å². The molecule has 0 bridgehead atoms. The Hall–Kier alpha value is -4.12. The first-order valence-electron chi connectivity index (χ1n) is 15.3. The topological polar surface area (TPSA) is 130 Å². The van der Waals surface area contributed by atoms with E-state index in [9.17, 15) is 14.2 Å². The Morgan fingerprint density at radius 3 is 1.98 bits per heavy atom. The summed E-state index contributed by atoms with van der Waals surface area (Å²) in [6, 6.07) is 25.1. The fraction of sp³-hybridized carbons (Fsp3) is 0.371. The number of methoxy groups -OCH3 is 2. The van der Waals surface area contributed by atoms with Crippen molar-refractivity contribution >= 4 is 8.18 Å². The molecule has 0 saturated carbocycles. The summed E-state index contributed by atoms with van der Waals surface area (Å²) in [5.74, 6) is 1.38. The summed E-state index contributed by atoms with van der Waals surface area (Å²) in [5, 5.41) is 2.97. The van der Waals surface area contributed by atoms with E-state index in [0.717, 1.165) is 16.7 Å². The van der Waals surface area contributed by atoms with Crippen molar-refractivity contribution in [2.45, 2.75) is 63.7 Å². The minimum atomic E-state index is -2.30. The zero-order valence-electron chi connectivity index (χ0n) is 27.4. The lowest BCUT2D eigenvalue weighted by molar-refractivity contribution is -0.0912. The first-order chi connectivity index (χ1) is 22.4. The molecule has 1 aliphatic heterocycles. The van der Waals surface area contributed by atoms with Crippen molar-refractivity contribution in [1.82, 2.24) is 14.6 Å². The molecule has 2 heterocycles. The summed E-state index contributed by atoms with van der Waals surface area (Å²) in [4.78, 5) is 27.3. The maximum Gasteiger partial charge on any atom is 0.613 e. The van der Waals surface area contributed by atoms with E-state index in [4.69, 9.17) is 23.5 Å². The third kappa shape index (κ3) is 7.72. The Labute approximate surface area is 274 Å². The van der Waals surface area contributed by atoms with E-state index < -0.39 is 49.0 Å². The predicted molar refractivity (Wildman–Crippen MR) is 178 cm³/mol. The van der Waals surface area contributed by atoms with Gasteiger partial charge in [0.15, 0.2) is 0 Å². The number of nitrogens with zero attached hydrogens (tertiary/aromatic N) is 1. The second-order valence-corrected chi connectivity index (χ2v) is 13.4. The van der Waals surface area contributed by atoms with Gasteiger partial charge in [0.25, 0.3) is 5.56 Å². The largest absolute Gasteiger partial charge is 0.613 e. The minimum absolute atomic E-state index is 0.0100. The Bertz CT molecular complexity index is 1740. The van der Waals surface area contributed by atoms with Crippen molar-refractivity contribution in [1.29, 1.82) is 0 Å². The van der Waals surface area contributed by atoms with Gasteiger partial charge in [0.05, 0.1) is 26.4 Å². The van der Waals surface area contributed by atoms with Crippen molar-refractivity contribution in [3.8, 4) is 11.5 Å². The van der Waals surface area contributed by atoms with Gasteiger partial charge in [-0.2, -0.15) is 0 Å². The van der Waals surface area contributed by atoms with Crippen LogP contribution in [0.15, 0.2) is 94.6 Å². The van der Waals surface area contributed by atoms with Crippen molar-refractivity contribution in [2.75, 3.05) is 20.8 Å². The number of benzene rings is 3. The van der Waals surface area contributed by atoms with Crippen LogP contribution in [-0.4, -0.2) is 48.1 Å². The van der Waals surface area contributed by atoms with Crippen molar-refractivity contribution in [2.24, 2.45) is 0 Å². The van der Waals surface area contributed by atoms with Gasteiger partial charge in [-0.15, -0.1) is 4.52 Å². The average molecular weight is 663 g/mol. The summed E-state index contributed by atoms with van der Waals surface area (Å²) in [6.45, 7) is 7.26. The van der Waals surface area contributed by atoms with Crippen LogP contribution in [0, 0.1) is 6.92 Å². The molecule has 3 aromatic carbocycles. The van der Waals surface area contributed by atoms with Crippen LogP contribution in [0.1, 0.15) is 55.7 Å². The molecule has 47 heavy (non-hydrogen) atoms. The molecule has 0 amide bonds. The lowest BCUT2D eigenvalue weighted by Crippen LogP contribution is -2.39. The van der Waals surface area contributed by atoms with E-state index in [1.54, 1.807) is 21.1 Å². The summed E-state index contributed by atoms with van der Waals surface area (Å²) < 4.78 is 44.9. The van der Waals surface area contributed by atoms with E-state index in [1.165, 1.54) is 10.8 Å². The Morgan fingerprint density at radius 1 is 0.894 bits per heavy atom. The quantitative estimate of drug-likeness (QED) is 0.147. The SMILES string of the molecule is COc1ccc(C(OC[C@H]2O[C@@H](n3cc(C)c(=O)[nH]c3=O)C[C@@H]2O[P+](=O)NC(C)(C)C)(c2ccccc2)c2ccc(OC)cc2)cc1. The zero-order chi connectivity index (χ0) is 33.8. The van der Waals surface area contributed by atoms with Crippen LogP contribution in [-0.2, 0) is 24.2 Å². The molecule has 11 nitrogen and oxygen atoms in total. The third-order valence-corrected chi connectivity index (χ3v) is 9.25. The lowest BCUT2D eigenvalue weighted by atomic mass is 9.80. The maximum atomic E-state index is 13.1. The van der Waals surface area contributed by atoms with E-state index in [2.05, 4.69) is 10.1 Å². The van der Waals surface area contributed by atoms with Gasteiger partial charge < -0.3 is 18.9 Å². The van der Waals surface area contributed by atoms with E-state index in [0.29, 0.717) is 17.1 Å². The van der Waals surface area contributed by atoms with Crippen molar-refractivity contribution < 1.29 is 28.0 Å². The summed E-state index contributed by atoms with van der Waals surface area (Å²) in [7, 11) is 0.923. The smallest absolute Gasteiger partial charge is 0.497 e. The Kier molecular flexibility index (Phi) is 10.4. The molecule has 12 heteroatoms. The molecule has 1 unspecified atom stereocenters. The van der Waals surface area contributed by atoms with Gasteiger partial charge in [0.1, 0.15) is 35.5 Å². The van der Waals surface area contributed by atoms with Gasteiger partial charge in [-0.05, 0) is 73.2 Å². The Balaban J connectivity index is 1.57. The molecule has 5 rings (SSSR count). The van der Waals surface area contributed by atoms with Crippen LogP contribution >= 0.6 is 8.18 Å². The van der Waals surface area contributed by atoms with E-state index >= 15 is 0 Å². The van der Waals surface area contributed by atoms with Crippen LogP contribution in [0.3, 0.4) is 0 Å². The molecule has 0 aliphatic carbocycles. The summed E-state index contributed by atoms with van der Waals surface area (Å²) in [6.07, 6.45) is -0.627. The number of rotatable bonds is 12. The number of nitrogens with one attached hydrogen (secondary N) is 2. The molecule has 0 radical (unpaired) electrons. The monoisotopic (exact) mass is 662 g/mol. The van der Waals surface area contributed by atoms with Crippen LogP contribution in [0.25, 0.3) is 0 Å². The molecular weight excluding hydrogens is 621 g/mol. The standard InChI is InChI=1S/C35H40N3O8P/c1-23-21-38(33(40)36-32(23)39)31-20-29(46-47(41)37-34(2,3)4)30(45-31)22-44-35(24-10-8-7-9-11-24,25-12-16-27(42-5)17-13-25)26-14-18-28(43-6)19-15-26/h7-19,21,29-31H,20,22H2,1-6H3,(H-,36,37,39,40,41)/p+1/t29-,30+,31+/m0/s1. The summed E-state index contributed by atoms with van der Waals surface area (Å²) >= 11 is 0. The van der Waals surface area contributed by atoms with Crippen LogP contribution in [0.4, 0.5) is 0 Å². The van der Waals surface area contributed by atoms with Crippen LogP contribution < -0.4 is 25.8 Å². The lowest BCUT2D eigenvalue weighted by Gasteiger charge is -2.37. The summed E-state index contributed by atoms with van der Waals surface area (Å²) in [5.41, 5.74) is 0.172. The first kappa shape index (κ1) is 34.2. The highest BCUT2D eigenvalue weighted by atomic mass is 31.1. The molecule has 1 aromatic heterocycles. The third-order valence-electron chi connectivity index (χ3n) is 7.93. The average Bonchev–Trinajstić information content (AvgIpc) is 3.45. The molecule has 1 saturated heterocycles. The van der Waals surface area contributed by atoms with Gasteiger partial charge in [-0.1, -0.05) is 59.7 Å². The van der Waals surface area contributed by atoms with Crippen LogP contribution in [0.5, 0.6) is 11.5 Å². The highest BCUT2D eigenvalue weighted by Crippen LogP contribution is 2.43. The number of ether oxygens (including phenoxy) is 4. The fourth-order valence-corrected chi connectivity index (χ4v) is 6.70. The van der Waals surface area contributed by atoms with Gasteiger partial charge in [-0.3, -0.25) is 14.3 Å². The van der Waals surface area contributed by atoms with E-state index in [-0.39, 0.29) is 13.0 Å². The maximum absolute atomic E-state index is 13.1. The predicted octanol–water partition coefficient (Wildman–Crippen LogP) is 5.59. The van der Waals surface area contributed by atoms with Crippen molar-refractivity contribution in [3.63, 3.8) is 0 Å². The van der Waals surface area contributed by atoms with E-state index in [1.807, 2.05) is 99.6 Å². The number of hydrogen-bond donors (Lipinski definition) is 2. The molecule has 4 aromatic rings. The van der Waals surface area contributed by atoms with Gasteiger partial charge in [-0.25, -0.2) is 4.79 Å². The number of aryl methyl sites for hydroxylation is 1. The number of aromatic nitrogens is 2. The second-order valence-electron chi connectivity index (χ2n) is 12.4. The zero-order valence-corrected chi connectivity index (χ0v) is 28.3. The van der Waals surface area contributed by atoms with Crippen LogP contribution in [0.2, 0.25) is 0 Å². The molecule has 1 aliphatic rings. The molecule has 2 N–H and O–H groups in total. The van der Waals surface area contributed by atoms with Gasteiger partial charge >= 0.3 is 13.9 Å². The number of aromatic amines is 1. The Morgan fingerprint density at radius 2 is 1.45 bits per heavy atom. The normalized spacial score (nSPS) is 18.6. The molecule has 1 fully saturated rings. The number of H-pyrrole nitrogens is 1. The fourth-order valence-electron chi connectivity index (χ4n) is 5.64. The number of hydrogen-bond acceptors (Lipinski definition) is 8.